The molecular weight excluding hydrogens is 266 g/mol. The lowest BCUT2D eigenvalue weighted by Gasteiger charge is -2.29. The molecule has 0 radical (unpaired) electrons. The molecule has 1 amide bonds. The van der Waals surface area contributed by atoms with Gasteiger partial charge in [-0.2, -0.15) is 0 Å². The Morgan fingerprint density at radius 3 is 2.79 bits per heavy atom. The molecule has 6 heteroatoms. The van der Waals surface area contributed by atoms with Crippen LogP contribution in [0.5, 0.6) is 0 Å². The second kappa shape index (κ2) is 8.74. The fraction of sp³-hybridized carbons (Fsp3) is 0.923. The zero-order chi connectivity index (χ0) is 12.8. The van der Waals surface area contributed by atoms with Gasteiger partial charge in [0.1, 0.15) is 0 Å². The van der Waals surface area contributed by atoms with Gasteiger partial charge >= 0.3 is 0 Å². The summed E-state index contributed by atoms with van der Waals surface area (Å²) in [6, 6.07) is 0. The van der Waals surface area contributed by atoms with Gasteiger partial charge in [0.2, 0.25) is 5.91 Å². The van der Waals surface area contributed by atoms with Gasteiger partial charge in [0, 0.05) is 39.3 Å². The van der Waals surface area contributed by atoms with Crippen molar-refractivity contribution in [2.75, 3.05) is 52.9 Å². The molecule has 0 aromatic rings. The first-order valence-electron chi connectivity index (χ1n) is 7.04. The van der Waals surface area contributed by atoms with Crippen molar-refractivity contribution < 1.29 is 9.53 Å². The highest BCUT2D eigenvalue weighted by molar-refractivity contribution is 5.85. The van der Waals surface area contributed by atoms with Gasteiger partial charge in [-0.05, 0) is 26.3 Å². The predicted molar refractivity (Wildman–Crippen MR) is 77.8 cm³/mol. The van der Waals surface area contributed by atoms with E-state index in [4.69, 9.17) is 4.74 Å². The fourth-order valence-electron chi connectivity index (χ4n) is 2.56. The Hall–Kier alpha value is -0.360. The van der Waals surface area contributed by atoms with E-state index in [-0.39, 0.29) is 18.3 Å². The van der Waals surface area contributed by atoms with E-state index in [1.54, 1.807) is 0 Å². The Bertz CT molecular complexity index is 267. The third-order valence-corrected chi connectivity index (χ3v) is 3.73. The molecule has 0 aromatic heterocycles. The lowest BCUT2D eigenvalue weighted by molar-refractivity contribution is -0.132. The van der Waals surface area contributed by atoms with Crippen LogP contribution in [-0.2, 0) is 9.53 Å². The molecule has 19 heavy (non-hydrogen) atoms. The first-order chi connectivity index (χ1) is 8.75. The van der Waals surface area contributed by atoms with Crippen molar-refractivity contribution in [1.29, 1.82) is 0 Å². The smallest absolute Gasteiger partial charge is 0.236 e. The first kappa shape index (κ1) is 16.7. The summed E-state index contributed by atoms with van der Waals surface area (Å²) in [4.78, 5) is 16.1. The average molecular weight is 292 g/mol. The molecule has 2 fully saturated rings. The molecule has 1 atom stereocenters. The maximum absolute atomic E-state index is 12.0. The van der Waals surface area contributed by atoms with E-state index in [1.807, 2.05) is 11.9 Å². The molecule has 2 rings (SSSR count). The van der Waals surface area contributed by atoms with E-state index in [0.29, 0.717) is 12.6 Å². The number of carbonyl (C=O) groups is 1. The molecule has 2 heterocycles. The highest BCUT2D eigenvalue weighted by Gasteiger charge is 2.19. The van der Waals surface area contributed by atoms with Crippen LogP contribution in [0.15, 0.2) is 0 Å². The van der Waals surface area contributed by atoms with Gasteiger partial charge in [0.15, 0.2) is 0 Å². The zero-order valence-electron chi connectivity index (χ0n) is 11.8. The maximum Gasteiger partial charge on any atom is 0.236 e. The van der Waals surface area contributed by atoms with E-state index in [0.717, 1.165) is 45.8 Å². The van der Waals surface area contributed by atoms with Crippen LogP contribution < -0.4 is 5.32 Å². The van der Waals surface area contributed by atoms with Crippen LogP contribution in [0.1, 0.15) is 19.3 Å². The van der Waals surface area contributed by atoms with Crippen molar-refractivity contribution in [3.05, 3.63) is 0 Å². The summed E-state index contributed by atoms with van der Waals surface area (Å²) in [5, 5.41) is 3.26. The summed E-state index contributed by atoms with van der Waals surface area (Å²) in [6.07, 6.45) is 3.83. The molecule has 0 bridgehead atoms. The summed E-state index contributed by atoms with van der Waals surface area (Å²) < 4.78 is 5.59. The molecule has 2 aliphatic heterocycles. The van der Waals surface area contributed by atoms with Crippen LogP contribution in [0.4, 0.5) is 0 Å². The molecule has 5 nitrogen and oxygen atoms in total. The summed E-state index contributed by atoms with van der Waals surface area (Å²) in [5.41, 5.74) is 0. The summed E-state index contributed by atoms with van der Waals surface area (Å²) >= 11 is 0. The lowest BCUT2D eigenvalue weighted by atomic mass is 10.2. The Kier molecular flexibility index (Phi) is 7.68. The number of amides is 1. The number of nitrogens with one attached hydrogen (secondary N) is 1. The number of halogens is 1. The highest BCUT2D eigenvalue weighted by atomic mass is 35.5. The topological polar surface area (TPSA) is 44.8 Å². The number of ether oxygens (including phenoxy) is 1. The number of hydrogen-bond acceptors (Lipinski definition) is 4. The molecule has 2 aliphatic rings. The van der Waals surface area contributed by atoms with Crippen molar-refractivity contribution in [2.45, 2.75) is 25.4 Å². The highest BCUT2D eigenvalue weighted by Crippen LogP contribution is 2.15. The molecule has 0 saturated carbocycles. The van der Waals surface area contributed by atoms with E-state index in [9.17, 15) is 4.79 Å². The molecule has 0 aliphatic carbocycles. The van der Waals surface area contributed by atoms with Crippen LogP contribution in [0.2, 0.25) is 0 Å². The third-order valence-electron chi connectivity index (χ3n) is 3.73. The Labute approximate surface area is 122 Å². The quantitative estimate of drug-likeness (QED) is 0.793. The molecule has 112 valence electrons. The standard InChI is InChI=1S/C13H25N3O2.ClH/c1-15(7-4-12-3-2-10-18-12)11-13(17)16-8-5-14-6-9-16;/h12,14H,2-11H2,1H3;1H. The van der Waals surface area contributed by atoms with Crippen LogP contribution >= 0.6 is 12.4 Å². The first-order valence-corrected chi connectivity index (χ1v) is 7.04. The Morgan fingerprint density at radius 2 is 2.16 bits per heavy atom. The van der Waals surface area contributed by atoms with Gasteiger partial charge in [0.05, 0.1) is 12.6 Å². The average Bonchev–Trinajstić information content (AvgIpc) is 2.90. The molecule has 2 saturated heterocycles. The van der Waals surface area contributed by atoms with Gasteiger partial charge in [-0.15, -0.1) is 12.4 Å². The number of rotatable bonds is 5. The summed E-state index contributed by atoms with van der Waals surface area (Å²) in [6.45, 7) is 5.93. The summed E-state index contributed by atoms with van der Waals surface area (Å²) in [5.74, 6) is 0.256. The predicted octanol–water partition coefficient (Wildman–Crippen LogP) is 0.341. The Balaban J connectivity index is 0.00000180. The van der Waals surface area contributed by atoms with Gasteiger partial charge in [0.25, 0.3) is 0 Å². The van der Waals surface area contributed by atoms with Crippen LogP contribution in [0, 0.1) is 0 Å². The summed E-state index contributed by atoms with van der Waals surface area (Å²) in [7, 11) is 2.02. The number of piperazine rings is 1. The van der Waals surface area contributed by atoms with Crippen molar-refractivity contribution >= 4 is 18.3 Å². The molecular formula is C13H26ClN3O2. The van der Waals surface area contributed by atoms with Gasteiger partial charge in [-0.3, -0.25) is 9.69 Å². The van der Waals surface area contributed by atoms with E-state index < -0.39 is 0 Å². The number of likely N-dealkylation sites (N-methyl/N-ethyl adjacent to an activating group) is 1. The van der Waals surface area contributed by atoms with Gasteiger partial charge in [-0.1, -0.05) is 0 Å². The number of hydrogen-bond donors (Lipinski definition) is 1. The largest absolute Gasteiger partial charge is 0.378 e. The molecule has 0 aromatic carbocycles. The van der Waals surface area contributed by atoms with E-state index >= 15 is 0 Å². The maximum atomic E-state index is 12.0. The lowest BCUT2D eigenvalue weighted by Crippen LogP contribution is -2.49. The minimum Gasteiger partial charge on any atom is -0.378 e. The second-order valence-electron chi connectivity index (χ2n) is 5.29. The molecule has 1 unspecified atom stereocenters. The van der Waals surface area contributed by atoms with Crippen molar-refractivity contribution in [1.82, 2.24) is 15.1 Å². The van der Waals surface area contributed by atoms with E-state index in [1.165, 1.54) is 12.8 Å². The van der Waals surface area contributed by atoms with Gasteiger partial charge < -0.3 is 15.0 Å². The minimum atomic E-state index is 0. The van der Waals surface area contributed by atoms with Crippen molar-refractivity contribution in [3.8, 4) is 0 Å². The van der Waals surface area contributed by atoms with Crippen LogP contribution in [-0.4, -0.2) is 74.7 Å². The second-order valence-corrected chi connectivity index (χ2v) is 5.29. The SMILES string of the molecule is CN(CCC1CCCO1)CC(=O)N1CCNCC1.Cl. The Morgan fingerprint density at radius 1 is 1.42 bits per heavy atom. The molecule has 1 N–H and O–H groups in total. The zero-order valence-corrected chi connectivity index (χ0v) is 12.6. The van der Waals surface area contributed by atoms with Crippen LogP contribution in [0.3, 0.4) is 0 Å². The van der Waals surface area contributed by atoms with Crippen LogP contribution in [0.25, 0.3) is 0 Å². The number of carbonyl (C=O) groups excluding carboxylic acids is 1. The van der Waals surface area contributed by atoms with Crippen molar-refractivity contribution in [3.63, 3.8) is 0 Å². The molecule has 0 spiro atoms. The van der Waals surface area contributed by atoms with Crippen molar-refractivity contribution in [2.24, 2.45) is 0 Å². The fourth-order valence-corrected chi connectivity index (χ4v) is 2.56. The van der Waals surface area contributed by atoms with E-state index in [2.05, 4.69) is 10.2 Å². The number of nitrogens with zero attached hydrogens (tertiary/aromatic N) is 2. The normalized spacial score (nSPS) is 23.5. The monoisotopic (exact) mass is 291 g/mol. The van der Waals surface area contributed by atoms with Gasteiger partial charge in [-0.25, -0.2) is 0 Å². The third kappa shape index (κ3) is 5.65. The minimum absolute atomic E-state index is 0.